The maximum Gasteiger partial charge on any atom is 0.106 e. The zero-order valence-electron chi connectivity index (χ0n) is 6.45. The van der Waals surface area contributed by atoms with Crippen molar-refractivity contribution in [2.24, 2.45) is 0 Å². The summed E-state index contributed by atoms with van der Waals surface area (Å²) < 4.78 is 5.19. The molecule has 1 N–H and O–H groups in total. The van der Waals surface area contributed by atoms with Crippen molar-refractivity contribution in [1.29, 1.82) is 0 Å². The van der Waals surface area contributed by atoms with Crippen LogP contribution in [0.1, 0.15) is 11.7 Å². The number of nitrogens with zero attached hydrogens (tertiary/aromatic N) is 1. The number of imidazole rings is 1. The van der Waals surface area contributed by atoms with Gasteiger partial charge in [-0.2, -0.15) is 0 Å². The van der Waals surface area contributed by atoms with Crippen molar-refractivity contribution in [2.45, 2.75) is 6.10 Å². The Morgan fingerprint density at radius 2 is 2.42 bits per heavy atom. The summed E-state index contributed by atoms with van der Waals surface area (Å²) in [6.07, 6.45) is 2.04. The van der Waals surface area contributed by atoms with Crippen molar-refractivity contribution in [2.75, 3.05) is 6.61 Å². The molecule has 3 nitrogen and oxygen atoms in total. The predicted molar refractivity (Wildman–Crippen MR) is 44.8 cm³/mol. The lowest BCUT2D eigenvalue weighted by atomic mass is 10.1. The lowest BCUT2D eigenvalue weighted by Gasteiger charge is -1.93. The highest BCUT2D eigenvalue weighted by Crippen LogP contribution is 2.30. The Bertz CT molecular complexity index is 417. The third-order valence-corrected chi connectivity index (χ3v) is 2.15. The van der Waals surface area contributed by atoms with E-state index in [1.54, 1.807) is 6.33 Å². The summed E-state index contributed by atoms with van der Waals surface area (Å²) in [6.45, 7) is 0.861. The number of aromatic nitrogens is 2. The van der Waals surface area contributed by atoms with Crippen LogP contribution in [-0.2, 0) is 4.74 Å². The molecule has 1 fully saturated rings. The molecule has 0 saturated carbocycles. The highest BCUT2D eigenvalue weighted by atomic mass is 16.6. The number of nitrogens with one attached hydrogen (secondary N) is 1. The van der Waals surface area contributed by atoms with Crippen LogP contribution in [0.3, 0.4) is 0 Å². The monoisotopic (exact) mass is 160 g/mol. The summed E-state index contributed by atoms with van der Waals surface area (Å²) in [4.78, 5) is 7.22. The van der Waals surface area contributed by atoms with Crippen LogP contribution in [0.5, 0.6) is 0 Å². The normalized spacial score (nSPS) is 21.5. The summed E-state index contributed by atoms with van der Waals surface area (Å²) in [6, 6.07) is 6.18. The van der Waals surface area contributed by atoms with Gasteiger partial charge < -0.3 is 9.72 Å². The lowest BCUT2D eigenvalue weighted by Crippen LogP contribution is -1.79. The summed E-state index contributed by atoms with van der Waals surface area (Å²) >= 11 is 0. The van der Waals surface area contributed by atoms with E-state index in [4.69, 9.17) is 4.74 Å². The number of hydrogen-bond acceptors (Lipinski definition) is 2. The first kappa shape index (κ1) is 6.20. The van der Waals surface area contributed by atoms with Gasteiger partial charge >= 0.3 is 0 Å². The van der Waals surface area contributed by atoms with Gasteiger partial charge in [0.05, 0.1) is 24.0 Å². The maximum absolute atomic E-state index is 5.19. The van der Waals surface area contributed by atoms with Gasteiger partial charge in [0.1, 0.15) is 6.10 Å². The van der Waals surface area contributed by atoms with Crippen LogP contribution in [0, 0.1) is 0 Å². The molecule has 60 valence electrons. The summed E-state index contributed by atoms with van der Waals surface area (Å²) in [7, 11) is 0. The Kier molecular flexibility index (Phi) is 1.07. The lowest BCUT2D eigenvalue weighted by molar-refractivity contribution is 0.416. The van der Waals surface area contributed by atoms with Crippen LogP contribution in [0.4, 0.5) is 0 Å². The molecule has 1 aliphatic rings. The molecular formula is C9H8N2O. The number of H-pyrrole nitrogens is 1. The molecule has 1 aliphatic heterocycles. The van der Waals surface area contributed by atoms with E-state index in [0.717, 1.165) is 17.6 Å². The SMILES string of the molecule is c1nc2ccc([C@H]3CO3)cc2[nH]1. The van der Waals surface area contributed by atoms with E-state index in [9.17, 15) is 0 Å². The van der Waals surface area contributed by atoms with E-state index >= 15 is 0 Å². The molecule has 1 aromatic heterocycles. The molecule has 0 amide bonds. The fourth-order valence-electron chi connectivity index (χ4n) is 1.39. The molecule has 0 spiro atoms. The van der Waals surface area contributed by atoms with E-state index in [1.807, 2.05) is 6.07 Å². The van der Waals surface area contributed by atoms with Gasteiger partial charge in [0, 0.05) is 0 Å². The molecule has 1 atom stereocenters. The average Bonchev–Trinajstić information content (AvgIpc) is 2.84. The molecule has 0 radical (unpaired) electrons. The van der Waals surface area contributed by atoms with Crippen LogP contribution in [0.2, 0.25) is 0 Å². The fourth-order valence-corrected chi connectivity index (χ4v) is 1.39. The van der Waals surface area contributed by atoms with Crippen LogP contribution < -0.4 is 0 Å². The highest BCUT2D eigenvalue weighted by Gasteiger charge is 2.24. The number of rotatable bonds is 1. The van der Waals surface area contributed by atoms with E-state index in [2.05, 4.69) is 22.1 Å². The van der Waals surface area contributed by atoms with Gasteiger partial charge in [-0.05, 0) is 17.7 Å². The number of hydrogen-bond donors (Lipinski definition) is 1. The molecule has 0 bridgehead atoms. The molecule has 0 aliphatic carbocycles. The first-order chi connectivity index (χ1) is 5.93. The van der Waals surface area contributed by atoms with Crippen molar-refractivity contribution in [3.05, 3.63) is 30.1 Å². The minimum absolute atomic E-state index is 0.331. The Hall–Kier alpha value is -1.35. The molecule has 3 rings (SSSR count). The van der Waals surface area contributed by atoms with Gasteiger partial charge in [0.25, 0.3) is 0 Å². The summed E-state index contributed by atoms with van der Waals surface area (Å²) in [5.41, 5.74) is 3.34. The van der Waals surface area contributed by atoms with Crippen molar-refractivity contribution >= 4 is 11.0 Å². The van der Waals surface area contributed by atoms with E-state index < -0.39 is 0 Å². The highest BCUT2D eigenvalue weighted by molar-refractivity contribution is 5.75. The van der Waals surface area contributed by atoms with E-state index in [-0.39, 0.29) is 0 Å². The average molecular weight is 160 g/mol. The van der Waals surface area contributed by atoms with Gasteiger partial charge in [-0.25, -0.2) is 4.98 Å². The Labute approximate surface area is 69.4 Å². The Morgan fingerprint density at radius 3 is 3.25 bits per heavy atom. The van der Waals surface area contributed by atoms with Crippen LogP contribution in [0.25, 0.3) is 11.0 Å². The predicted octanol–water partition coefficient (Wildman–Crippen LogP) is 1.63. The Morgan fingerprint density at radius 1 is 1.50 bits per heavy atom. The molecule has 3 heteroatoms. The number of benzene rings is 1. The quantitative estimate of drug-likeness (QED) is 0.644. The van der Waals surface area contributed by atoms with E-state index in [1.165, 1.54) is 5.56 Å². The summed E-state index contributed by atoms with van der Waals surface area (Å²) in [5, 5.41) is 0. The van der Waals surface area contributed by atoms with Crippen molar-refractivity contribution in [3.8, 4) is 0 Å². The second-order valence-electron chi connectivity index (χ2n) is 3.00. The van der Waals surface area contributed by atoms with E-state index in [0.29, 0.717) is 6.10 Å². The van der Waals surface area contributed by atoms with Crippen LogP contribution in [-0.4, -0.2) is 16.6 Å². The number of ether oxygens (including phenoxy) is 1. The minimum atomic E-state index is 0.331. The van der Waals surface area contributed by atoms with Gasteiger partial charge in [0.2, 0.25) is 0 Å². The molecule has 1 saturated heterocycles. The molecule has 2 aromatic rings. The number of fused-ring (bicyclic) bond motifs is 1. The van der Waals surface area contributed by atoms with Gasteiger partial charge in [0.15, 0.2) is 0 Å². The van der Waals surface area contributed by atoms with Crippen LogP contribution >= 0.6 is 0 Å². The zero-order chi connectivity index (χ0) is 7.97. The second-order valence-corrected chi connectivity index (χ2v) is 3.00. The largest absolute Gasteiger partial charge is 0.368 e. The fraction of sp³-hybridized carbons (Fsp3) is 0.222. The third-order valence-electron chi connectivity index (χ3n) is 2.15. The Balaban J connectivity index is 2.21. The standard InChI is InChI=1S/C9H8N2O/c1-2-7-8(11-5-10-7)3-6(1)9-4-12-9/h1-3,5,9H,4H2,(H,10,11)/t9-/m1/s1. The topological polar surface area (TPSA) is 41.2 Å². The van der Waals surface area contributed by atoms with Crippen molar-refractivity contribution in [1.82, 2.24) is 9.97 Å². The minimum Gasteiger partial charge on any atom is -0.368 e. The maximum atomic E-state index is 5.19. The number of aromatic amines is 1. The van der Waals surface area contributed by atoms with Crippen LogP contribution in [0.15, 0.2) is 24.5 Å². The van der Waals surface area contributed by atoms with Gasteiger partial charge in [-0.1, -0.05) is 6.07 Å². The summed E-state index contributed by atoms with van der Waals surface area (Å²) in [5.74, 6) is 0. The smallest absolute Gasteiger partial charge is 0.106 e. The molecule has 0 unspecified atom stereocenters. The number of epoxide rings is 1. The second kappa shape index (κ2) is 2.08. The molecular weight excluding hydrogens is 152 g/mol. The molecule has 12 heavy (non-hydrogen) atoms. The van der Waals surface area contributed by atoms with Gasteiger partial charge in [-0.3, -0.25) is 0 Å². The molecule has 2 heterocycles. The first-order valence-corrected chi connectivity index (χ1v) is 3.98. The zero-order valence-corrected chi connectivity index (χ0v) is 6.45. The van der Waals surface area contributed by atoms with Gasteiger partial charge in [-0.15, -0.1) is 0 Å². The molecule has 1 aromatic carbocycles. The first-order valence-electron chi connectivity index (χ1n) is 3.98. The van der Waals surface area contributed by atoms with Crippen molar-refractivity contribution in [3.63, 3.8) is 0 Å². The third kappa shape index (κ3) is 0.833. The van der Waals surface area contributed by atoms with Crippen molar-refractivity contribution < 1.29 is 4.74 Å².